The molecule has 0 aliphatic carbocycles. The topological polar surface area (TPSA) is 45.4 Å². The molecule has 1 aromatic heterocycles. The number of anilines is 2. The second-order valence-electron chi connectivity index (χ2n) is 4.30. The van der Waals surface area contributed by atoms with Crippen LogP contribution < -0.4 is 10.6 Å². The van der Waals surface area contributed by atoms with Crippen LogP contribution in [0.5, 0.6) is 0 Å². The molecule has 15 heavy (non-hydrogen) atoms. The van der Waals surface area contributed by atoms with Crippen LogP contribution in [0.15, 0.2) is 18.3 Å². The van der Waals surface area contributed by atoms with E-state index in [1.807, 2.05) is 12.1 Å². The molecular formula is C11H18N4. The van der Waals surface area contributed by atoms with Crippen molar-refractivity contribution in [2.75, 3.05) is 37.8 Å². The zero-order valence-corrected chi connectivity index (χ0v) is 9.35. The van der Waals surface area contributed by atoms with Crippen molar-refractivity contribution in [3.05, 3.63) is 18.3 Å². The van der Waals surface area contributed by atoms with E-state index in [1.54, 1.807) is 6.20 Å². The molecule has 1 atom stereocenters. The summed E-state index contributed by atoms with van der Waals surface area (Å²) in [7, 11) is 4.25. The van der Waals surface area contributed by atoms with Gasteiger partial charge in [-0.15, -0.1) is 0 Å². The first-order valence-electron chi connectivity index (χ1n) is 5.30. The van der Waals surface area contributed by atoms with E-state index in [-0.39, 0.29) is 0 Å². The van der Waals surface area contributed by atoms with Crippen LogP contribution in [-0.4, -0.2) is 43.1 Å². The van der Waals surface area contributed by atoms with Crippen LogP contribution in [0.3, 0.4) is 0 Å². The van der Waals surface area contributed by atoms with Crippen molar-refractivity contribution in [1.82, 2.24) is 9.88 Å². The van der Waals surface area contributed by atoms with Crippen molar-refractivity contribution in [2.24, 2.45) is 0 Å². The smallest absolute Gasteiger partial charge is 0.130 e. The molecule has 0 aromatic carbocycles. The first-order valence-corrected chi connectivity index (χ1v) is 5.30. The zero-order chi connectivity index (χ0) is 10.8. The molecule has 0 spiro atoms. The summed E-state index contributed by atoms with van der Waals surface area (Å²) < 4.78 is 0. The Morgan fingerprint density at radius 2 is 2.33 bits per heavy atom. The van der Waals surface area contributed by atoms with Gasteiger partial charge >= 0.3 is 0 Å². The van der Waals surface area contributed by atoms with E-state index < -0.39 is 0 Å². The third kappa shape index (κ3) is 2.21. The SMILES string of the molecule is CN(C)C1CCN(c2cc(N)ccn2)C1. The summed E-state index contributed by atoms with van der Waals surface area (Å²) in [5, 5.41) is 0. The minimum absolute atomic E-state index is 0.633. The number of hydrogen-bond donors (Lipinski definition) is 1. The third-order valence-corrected chi connectivity index (χ3v) is 2.99. The lowest BCUT2D eigenvalue weighted by molar-refractivity contribution is 0.315. The lowest BCUT2D eigenvalue weighted by atomic mass is 10.2. The van der Waals surface area contributed by atoms with Crippen LogP contribution >= 0.6 is 0 Å². The number of rotatable bonds is 2. The first-order chi connectivity index (χ1) is 7.16. The minimum atomic E-state index is 0.633. The van der Waals surface area contributed by atoms with Gasteiger partial charge in [-0.1, -0.05) is 0 Å². The van der Waals surface area contributed by atoms with E-state index in [2.05, 4.69) is 28.9 Å². The third-order valence-electron chi connectivity index (χ3n) is 2.99. The van der Waals surface area contributed by atoms with Crippen molar-refractivity contribution in [3.63, 3.8) is 0 Å². The van der Waals surface area contributed by atoms with Crippen LogP contribution in [0.4, 0.5) is 11.5 Å². The summed E-state index contributed by atoms with van der Waals surface area (Å²) in [5.74, 6) is 0.999. The highest BCUT2D eigenvalue weighted by Gasteiger charge is 2.24. The number of nitrogens with zero attached hydrogens (tertiary/aromatic N) is 3. The lowest BCUT2D eigenvalue weighted by Crippen LogP contribution is -2.31. The molecule has 2 N–H and O–H groups in total. The molecule has 0 saturated carbocycles. The van der Waals surface area contributed by atoms with Crippen LogP contribution in [0, 0.1) is 0 Å². The van der Waals surface area contributed by atoms with Gasteiger partial charge in [0.05, 0.1) is 0 Å². The van der Waals surface area contributed by atoms with Crippen LogP contribution in [-0.2, 0) is 0 Å². The van der Waals surface area contributed by atoms with Crippen LogP contribution in [0.25, 0.3) is 0 Å². The molecule has 1 aliphatic heterocycles. The molecule has 2 rings (SSSR count). The fourth-order valence-corrected chi connectivity index (χ4v) is 1.98. The first kappa shape index (κ1) is 10.2. The number of hydrogen-bond acceptors (Lipinski definition) is 4. The van der Waals surface area contributed by atoms with Gasteiger partial charge in [0, 0.05) is 37.1 Å². The summed E-state index contributed by atoms with van der Waals surface area (Å²) in [6.07, 6.45) is 2.97. The average Bonchev–Trinajstić information content (AvgIpc) is 2.66. The molecule has 82 valence electrons. The van der Waals surface area contributed by atoms with Crippen molar-refractivity contribution in [1.29, 1.82) is 0 Å². The van der Waals surface area contributed by atoms with Gasteiger partial charge in [0.2, 0.25) is 0 Å². The quantitative estimate of drug-likeness (QED) is 0.777. The van der Waals surface area contributed by atoms with Crippen LogP contribution in [0.1, 0.15) is 6.42 Å². The zero-order valence-electron chi connectivity index (χ0n) is 9.35. The second kappa shape index (κ2) is 4.06. The molecular weight excluding hydrogens is 188 g/mol. The fraction of sp³-hybridized carbons (Fsp3) is 0.545. The molecule has 4 nitrogen and oxygen atoms in total. The predicted molar refractivity (Wildman–Crippen MR) is 63.0 cm³/mol. The summed E-state index contributed by atoms with van der Waals surface area (Å²) in [5.41, 5.74) is 6.53. The van der Waals surface area contributed by atoms with Gasteiger partial charge in [0.15, 0.2) is 0 Å². The lowest BCUT2D eigenvalue weighted by Gasteiger charge is -2.21. The van der Waals surface area contributed by atoms with Crippen molar-refractivity contribution in [2.45, 2.75) is 12.5 Å². The van der Waals surface area contributed by atoms with E-state index in [0.29, 0.717) is 6.04 Å². The highest BCUT2D eigenvalue weighted by atomic mass is 15.3. The predicted octanol–water partition coefficient (Wildman–Crippen LogP) is 0.804. The summed E-state index contributed by atoms with van der Waals surface area (Å²) in [6.45, 7) is 2.11. The monoisotopic (exact) mass is 206 g/mol. The van der Waals surface area contributed by atoms with Gasteiger partial charge in [-0.05, 0) is 26.6 Å². The fourth-order valence-electron chi connectivity index (χ4n) is 1.98. The molecule has 0 amide bonds. The van der Waals surface area contributed by atoms with E-state index in [4.69, 9.17) is 5.73 Å². The average molecular weight is 206 g/mol. The van der Waals surface area contributed by atoms with Gasteiger partial charge in [0.1, 0.15) is 5.82 Å². The number of pyridine rings is 1. The van der Waals surface area contributed by atoms with Gasteiger partial charge in [-0.25, -0.2) is 4.98 Å². The molecule has 2 heterocycles. The Bertz CT molecular complexity index is 337. The Hall–Kier alpha value is -1.29. The van der Waals surface area contributed by atoms with Gasteiger partial charge < -0.3 is 15.5 Å². The summed E-state index contributed by atoms with van der Waals surface area (Å²) in [4.78, 5) is 8.91. The minimum Gasteiger partial charge on any atom is -0.399 e. The van der Waals surface area contributed by atoms with Gasteiger partial charge in [-0.3, -0.25) is 0 Å². The van der Waals surface area contributed by atoms with Crippen molar-refractivity contribution in [3.8, 4) is 0 Å². The van der Waals surface area contributed by atoms with Crippen molar-refractivity contribution < 1.29 is 0 Å². The molecule has 1 fully saturated rings. The number of nitrogens with two attached hydrogens (primary N) is 1. The van der Waals surface area contributed by atoms with E-state index >= 15 is 0 Å². The normalized spacial score (nSPS) is 21.3. The molecule has 0 radical (unpaired) electrons. The molecule has 1 saturated heterocycles. The maximum atomic E-state index is 5.74. The molecule has 1 aliphatic rings. The Morgan fingerprint density at radius 1 is 1.53 bits per heavy atom. The number of nitrogen functional groups attached to an aromatic ring is 1. The molecule has 0 bridgehead atoms. The molecule has 1 unspecified atom stereocenters. The largest absolute Gasteiger partial charge is 0.399 e. The Balaban J connectivity index is 2.08. The van der Waals surface area contributed by atoms with Gasteiger partial charge in [-0.2, -0.15) is 0 Å². The maximum Gasteiger partial charge on any atom is 0.130 e. The highest BCUT2D eigenvalue weighted by molar-refractivity contribution is 5.50. The second-order valence-corrected chi connectivity index (χ2v) is 4.30. The Morgan fingerprint density at radius 3 is 2.93 bits per heavy atom. The highest BCUT2D eigenvalue weighted by Crippen LogP contribution is 2.21. The van der Waals surface area contributed by atoms with Gasteiger partial charge in [0.25, 0.3) is 0 Å². The maximum absolute atomic E-state index is 5.74. The summed E-state index contributed by atoms with van der Waals surface area (Å²) >= 11 is 0. The molecule has 1 aromatic rings. The summed E-state index contributed by atoms with van der Waals surface area (Å²) in [6, 6.07) is 4.40. The van der Waals surface area contributed by atoms with E-state index in [1.165, 1.54) is 6.42 Å². The Labute approximate surface area is 90.7 Å². The number of likely N-dealkylation sites (N-methyl/N-ethyl adjacent to an activating group) is 1. The Kier molecular flexibility index (Phi) is 2.77. The standard InChI is InChI=1S/C11H18N4/c1-14(2)10-4-6-15(8-10)11-7-9(12)3-5-13-11/h3,5,7,10H,4,6,8H2,1-2H3,(H2,12,13). The number of aromatic nitrogens is 1. The van der Waals surface area contributed by atoms with E-state index in [9.17, 15) is 0 Å². The van der Waals surface area contributed by atoms with Crippen molar-refractivity contribution >= 4 is 11.5 Å². The van der Waals surface area contributed by atoms with E-state index in [0.717, 1.165) is 24.6 Å². The van der Waals surface area contributed by atoms with Crippen LogP contribution in [0.2, 0.25) is 0 Å². The molecule has 4 heteroatoms.